The molecule has 1 amide bonds. The molecule has 0 N–H and O–H groups in total. The second-order valence-corrected chi connectivity index (χ2v) is 7.10. The molecule has 1 aliphatic heterocycles. The van der Waals surface area contributed by atoms with Gasteiger partial charge in [0.05, 0.1) is 17.0 Å². The van der Waals surface area contributed by atoms with E-state index in [1.54, 1.807) is 37.3 Å². The highest BCUT2D eigenvalue weighted by Crippen LogP contribution is 2.41. The lowest BCUT2D eigenvalue weighted by Crippen LogP contribution is -2.29. The van der Waals surface area contributed by atoms with Gasteiger partial charge in [-0.3, -0.25) is 14.5 Å². The van der Waals surface area contributed by atoms with Crippen LogP contribution in [-0.4, -0.2) is 11.1 Å². The number of hydrogen-bond donors (Lipinski definition) is 0. The molecule has 0 radical (unpaired) electrons. The van der Waals surface area contributed by atoms with Gasteiger partial charge >= 0.3 is 0 Å². The molecule has 4 aromatic rings. The third-order valence-electron chi connectivity index (χ3n) is 5.05. The van der Waals surface area contributed by atoms with E-state index in [0.29, 0.717) is 22.3 Å². The number of carbonyl (C=O) groups excluding carboxylic acids is 1. The van der Waals surface area contributed by atoms with Crippen molar-refractivity contribution in [2.75, 3.05) is 4.90 Å². The topological polar surface area (TPSA) is 76.6 Å². The molecule has 29 heavy (non-hydrogen) atoms. The van der Waals surface area contributed by atoms with Crippen molar-refractivity contribution in [3.63, 3.8) is 0 Å². The molecule has 1 unspecified atom stereocenters. The van der Waals surface area contributed by atoms with E-state index in [1.807, 2.05) is 6.92 Å². The highest BCUT2D eigenvalue weighted by atomic mass is 19.1. The van der Waals surface area contributed by atoms with Gasteiger partial charge in [-0.15, -0.1) is 0 Å². The molecular formula is C22H15FN2O4. The molecule has 2 aromatic carbocycles. The molecule has 0 bridgehead atoms. The Bertz CT molecular complexity index is 1350. The lowest BCUT2D eigenvalue weighted by molar-refractivity contribution is 0.0969. The summed E-state index contributed by atoms with van der Waals surface area (Å²) < 4.78 is 25.0. The Kier molecular flexibility index (Phi) is 3.67. The van der Waals surface area contributed by atoms with Crippen LogP contribution in [0.25, 0.3) is 11.0 Å². The number of anilines is 1. The largest absolute Gasteiger partial charge is 0.450 e. The maximum atomic E-state index is 14.0. The Morgan fingerprint density at radius 3 is 2.62 bits per heavy atom. The zero-order valence-electron chi connectivity index (χ0n) is 15.6. The Morgan fingerprint density at radius 1 is 1.07 bits per heavy atom. The number of aromatic nitrogens is 1. The summed E-state index contributed by atoms with van der Waals surface area (Å²) in [6.45, 7) is 3.56. The molecule has 0 saturated carbocycles. The summed E-state index contributed by atoms with van der Waals surface area (Å²) in [5, 5.41) is 4.31. The molecule has 0 spiro atoms. The second kappa shape index (κ2) is 6.13. The molecule has 1 aliphatic rings. The molecular weight excluding hydrogens is 375 g/mol. The van der Waals surface area contributed by atoms with Crippen molar-refractivity contribution >= 4 is 22.7 Å². The molecule has 2 aromatic heterocycles. The fourth-order valence-corrected chi connectivity index (χ4v) is 3.78. The number of fused-ring (bicyclic) bond motifs is 2. The molecule has 7 heteroatoms. The summed E-state index contributed by atoms with van der Waals surface area (Å²) in [6, 6.07) is 11.7. The molecule has 0 fully saturated rings. The molecule has 0 aliphatic carbocycles. The van der Waals surface area contributed by atoms with E-state index >= 15 is 0 Å². The Balaban J connectivity index is 1.84. The molecule has 6 nitrogen and oxygen atoms in total. The van der Waals surface area contributed by atoms with E-state index < -0.39 is 17.8 Å². The van der Waals surface area contributed by atoms with E-state index in [-0.39, 0.29) is 22.6 Å². The van der Waals surface area contributed by atoms with Gasteiger partial charge in [-0.25, -0.2) is 4.39 Å². The number of rotatable bonds is 2. The zero-order valence-corrected chi connectivity index (χ0v) is 15.6. The predicted octanol–water partition coefficient (Wildman–Crippen LogP) is 4.29. The van der Waals surface area contributed by atoms with Gasteiger partial charge in [0.1, 0.15) is 17.2 Å². The van der Waals surface area contributed by atoms with Crippen LogP contribution in [-0.2, 0) is 0 Å². The van der Waals surface area contributed by atoms with Gasteiger partial charge in [0.15, 0.2) is 11.2 Å². The summed E-state index contributed by atoms with van der Waals surface area (Å²) in [7, 11) is 0. The van der Waals surface area contributed by atoms with Crippen LogP contribution in [0.15, 0.2) is 62.3 Å². The summed E-state index contributed by atoms with van der Waals surface area (Å²) in [6.07, 6.45) is 0. The number of hydrogen-bond acceptors (Lipinski definition) is 5. The first kappa shape index (κ1) is 17.4. The second-order valence-electron chi connectivity index (χ2n) is 7.10. The smallest absolute Gasteiger partial charge is 0.296 e. The number of amides is 1. The molecule has 5 rings (SSSR count). The third-order valence-corrected chi connectivity index (χ3v) is 5.05. The average Bonchev–Trinajstić information content (AvgIpc) is 3.24. The van der Waals surface area contributed by atoms with Crippen LogP contribution in [0.3, 0.4) is 0 Å². The quantitative estimate of drug-likeness (QED) is 0.510. The van der Waals surface area contributed by atoms with Gasteiger partial charge < -0.3 is 8.94 Å². The minimum absolute atomic E-state index is 0.0683. The van der Waals surface area contributed by atoms with E-state index in [0.717, 1.165) is 5.56 Å². The van der Waals surface area contributed by atoms with Crippen molar-refractivity contribution in [2.24, 2.45) is 0 Å². The Labute approximate surface area is 164 Å². The van der Waals surface area contributed by atoms with Gasteiger partial charge in [-0.2, -0.15) is 0 Å². The van der Waals surface area contributed by atoms with Crippen LogP contribution in [0, 0.1) is 19.7 Å². The monoisotopic (exact) mass is 390 g/mol. The summed E-state index contributed by atoms with van der Waals surface area (Å²) >= 11 is 0. The summed E-state index contributed by atoms with van der Waals surface area (Å²) in [4.78, 5) is 28.0. The lowest BCUT2D eigenvalue weighted by atomic mass is 9.98. The average molecular weight is 390 g/mol. The number of halogens is 1. The number of nitrogens with zero attached hydrogens (tertiary/aromatic N) is 2. The maximum absolute atomic E-state index is 14.0. The molecule has 0 saturated heterocycles. The van der Waals surface area contributed by atoms with Crippen molar-refractivity contribution in [1.82, 2.24) is 5.16 Å². The molecule has 144 valence electrons. The van der Waals surface area contributed by atoms with Crippen LogP contribution >= 0.6 is 0 Å². The minimum atomic E-state index is -0.876. The summed E-state index contributed by atoms with van der Waals surface area (Å²) in [5.74, 6) is -0.335. The van der Waals surface area contributed by atoms with E-state index in [4.69, 9.17) is 8.94 Å². The molecule has 3 heterocycles. The standard InChI is InChI=1S/C22H15FN2O4/c1-11-6-7-16-15(8-11)20(26)18-19(13-4-3-5-14(23)10-13)25(22(27)21(18)28-16)17-9-12(2)29-24-17/h3-10,19H,1-2H3. The van der Waals surface area contributed by atoms with Crippen molar-refractivity contribution in [1.29, 1.82) is 0 Å². The third kappa shape index (κ3) is 2.58. The number of carbonyl (C=O) groups is 1. The zero-order chi connectivity index (χ0) is 20.3. The van der Waals surface area contributed by atoms with Gasteiger partial charge in [0.2, 0.25) is 5.76 Å². The first-order valence-electron chi connectivity index (χ1n) is 9.04. The lowest BCUT2D eigenvalue weighted by Gasteiger charge is -2.22. The van der Waals surface area contributed by atoms with Crippen LogP contribution in [0.2, 0.25) is 0 Å². The first-order chi connectivity index (χ1) is 13.9. The van der Waals surface area contributed by atoms with E-state index in [9.17, 15) is 14.0 Å². The van der Waals surface area contributed by atoms with E-state index in [1.165, 1.54) is 23.1 Å². The fourth-order valence-electron chi connectivity index (χ4n) is 3.78. The van der Waals surface area contributed by atoms with Crippen LogP contribution in [0.4, 0.5) is 10.2 Å². The predicted molar refractivity (Wildman–Crippen MR) is 104 cm³/mol. The maximum Gasteiger partial charge on any atom is 0.296 e. The Morgan fingerprint density at radius 2 is 1.90 bits per heavy atom. The number of benzene rings is 2. The van der Waals surface area contributed by atoms with Gasteiger partial charge in [0, 0.05) is 6.07 Å². The number of aryl methyl sites for hydroxylation is 2. The van der Waals surface area contributed by atoms with Crippen LogP contribution < -0.4 is 10.3 Å². The normalized spacial score (nSPS) is 15.9. The van der Waals surface area contributed by atoms with Gasteiger partial charge in [-0.05, 0) is 43.7 Å². The highest BCUT2D eigenvalue weighted by Gasteiger charge is 2.45. The van der Waals surface area contributed by atoms with Crippen molar-refractivity contribution in [3.05, 3.63) is 92.8 Å². The van der Waals surface area contributed by atoms with Crippen molar-refractivity contribution < 1.29 is 18.1 Å². The van der Waals surface area contributed by atoms with Crippen molar-refractivity contribution in [2.45, 2.75) is 19.9 Å². The minimum Gasteiger partial charge on any atom is -0.450 e. The fraction of sp³-hybridized carbons (Fsp3) is 0.136. The Hall–Kier alpha value is -3.74. The SMILES string of the molecule is Cc1ccc2oc3c(c(=O)c2c1)C(c1cccc(F)c1)N(c1cc(C)on1)C3=O. The molecule has 1 atom stereocenters. The highest BCUT2D eigenvalue weighted by molar-refractivity contribution is 6.10. The van der Waals surface area contributed by atoms with Crippen LogP contribution in [0.1, 0.15) is 39.0 Å². The van der Waals surface area contributed by atoms with Gasteiger partial charge in [0.25, 0.3) is 5.91 Å². The van der Waals surface area contributed by atoms with Crippen LogP contribution in [0.5, 0.6) is 0 Å². The summed E-state index contributed by atoms with van der Waals surface area (Å²) in [5.41, 5.74) is 1.50. The first-order valence-corrected chi connectivity index (χ1v) is 9.04. The van der Waals surface area contributed by atoms with E-state index in [2.05, 4.69) is 5.16 Å². The van der Waals surface area contributed by atoms with Crippen molar-refractivity contribution in [3.8, 4) is 0 Å². The van der Waals surface area contributed by atoms with Gasteiger partial charge in [-0.1, -0.05) is 28.9 Å².